The molecule has 2 heterocycles. The number of hydrogen-bond donors (Lipinski definition) is 0. The average Bonchev–Trinajstić information content (AvgIpc) is 2.77. The van der Waals surface area contributed by atoms with E-state index in [9.17, 15) is 9.90 Å². The van der Waals surface area contributed by atoms with Crippen LogP contribution in [0, 0.1) is 0 Å². The van der Waals surface area contributed by atoms with Gasteiger partial charge in [-0.2, -0.15) is 0 Å². The van der Waals surface area contributed by atoms with Crippen molar-refractivity contribution in [2.45, 2.75) is 24.7 Å². The van der Waals surface area contributed by atoms with Crippen molar-refractivity contribution in [3.63, 3.8) is 0 Å². The fourth-order valence-corrected chi connectivity index (χ4v) is 3.96. The molecular weight excluding hydrogens is 388 g/mol. The fraction of sp³-hybridized carbons (Fsp3) is 0.238. The maximum absolute atomic E-state index is 13.1. The molecule has 1 atom stereocenters. The number of carbonyl (C=O) groups excluding carboxylic acids is 1. The number of thioether (sulfide) groups is 1. The van der Waals surface area contributed by atoms with Gasteiger partial charge in [0, 0.05) is 11.5 Å². The third-order valence-electron chi connectivity index (χ3n) is 4.89. The first-order chi connectivity index (χ1) is 14.1. The number of ether oxygens (including phenoxy) is 1. The molecular formula is C21H20N4O3S. The molecule has 29 heavy (non-hydrogen) atoms. The van der Waals surface area contributed by atoms with Crippen molar-refractivity contribution in [2.75, 3.05) is 18.3 Å². The molecule has 0 radical (unpaired) electrons. The highest BCUT2D eigenvalue weighted by atomic mass is 32.2. The predicted octanol–water partition coefficient (Wildman–Crippen LogP) is 2.54. The van der Waals surface area contributed by atoms with E-state index >= 15 is 0 Å². The molecule has 0 fully saturated rings. The Morgan fingerprint density at radius 1 is 1.24 bits per heavy atom. The van der Waals surface area contributed by atoms with Crippen molar-refractivity contribution in [1.29, 1.82) is 0 Å². The SMILES string of the molecule is CCC(=O)N1c2ccccc2-c2c([O-])nc(SC)n[n+]2C1c1ccccc1OC. The van der Waals surface area contributed by atoms with Gasteiger partial charge in [-0.05, 0) is 30.5 Å². The van der Waals surface area contributed by atoms with Gasteiger partial charge >= 0.3 is 0 Å². The van der Waals surface area contributed by atoms with Gasteiger partial charge in [-0.15, -0.1) is 0 Å². The van der Waals surface area contributed by atoms with Gasteiger partial charge in [0.2, 0.25) is 5.91 Å². The van der Waals surface area contributed by atoms with Crippen molar-refractivity contribution < 1.29 is 19.3 Å². The molecule has 0 aliphatic carbocycles. The number of hydrogen-bond acceptors (Lipinski definition) is 6. The number of benzene rings is 2. The summed E-state index contributed by atoms with van der Waals surface area (Å²) in [7, 11) is 1.58. The molecule has 0 saturated carbocycles. The van der Waals surface area contributed by atoms with Crippen LogP contribution < -0.4 is 19.4 Å². The Balaban J connectivity index is 2.10. The zero-order valence-corrected chi connectivity index (χ0v) is 17.1. The van der Waals surface area contributed by atoms with Gasteiger partial charge in [-0.1, -0.05) is 47.6 Å². The molecule has 4 rings (SSSR count). The number of anilines is 1. The number of rotatable bonds is 4. The summed E-state index contributed by atoms with van der Waals surface area (Å²) in [6.45, 7) is 1.82. The van der Waals surface area contributed by atoms with Gasteiger partial charge in [0.15, 0.2) is 0 Å². The van der Waals surface area contributed by atoms with Crippen molar-refractivity contribution in [3.05, 3.63) is 54.1 Å². The molecule has 8 heteroatoms. The topological polar surface area (TPSA) is 82.3 Å². The summed E-state index contributed by atoms with van der Waals surface area (Å²) in [5, 5.41) is 17.9. The second-order valence-corrected chi connectivity index (χ2v) is 7.22. The molecule has 1 aliphatic heterocycles. The lowest BCUT2D eigenvalue weighted by Crippen LogP contribution is -2.59. The summed E-state index contributed by atoms with van der Waals surface area (Å²) < 4.78 is 7.18. The quantitative estimate of drug-likeness (QED) is 0.487. The highest BCUT2D eigenvalue weighted by Gasteiger charge is 2.45. The molecule has 1 amide bonds. The van der Waals surface area contributed by atoms with Crippen LogP contribution in [0.25, 0.3) is 11.3 Å². The number of nitrogens with zero attached hydrogens (tertiary/aromatic N) is 4. The van der Waals surface area contributed by atoms with Crippen LogP contribution in [0.15, 0.2) is 53.7 Å². The number of methoxy groups -OCH3 is 1. The third-order valence-corrected chi connectivity index (χ3v) is 5.43. The number of carbonyl (C=O) groups is 1. The van der Waals surface area contributed by atoms with E-state index in [-0.39, 0.29) is 11.8 Å². The Bertz CT molecular complexity index is 1090. The van der Waals surface area contributed by atoms with Crippen molar-refractivity contribution >= 4 is 23.4 Å². The van der Waals surface area contributed by atoms with E-state index in [4.69, 9.17) is 4.74 Å². The van der Waals surface area contributed by atoms with E-state index < -0.39 is 6.17 Å². The maximum Gasteiger partial charge on any atom is 0.296 e. The minimum absolute atomic E-state index is 0.0803. The first-order valence-corrected chi connectivity index (χ1v) is 10.4. The van der Waals surface area contributed by atoms with E-state index in [1.165, 1.54) is 11.8 Å². The zero-order valence-electron chi connectivity index (χ0n) is 16.3. The van der Waals surface area contributed by atoms with Crippen LogP contribution in [0.3, 0.4) is 0 Å². The Morgan fingerprint density at radius 3 is 2.69 bits per heavy atom. The molecule has 0 bridgehead atoms. The Labute approximate surface area is 173 Å². The molecule has 0 saturated heterocycles. The summed E-state index contributed by atoms with van der Waals surface area (Å²) in [6.07, 6.45) is 1.46. The van der Waals surface area contributed by atoms with Gasteiger partial charge in [-0.25, -0.2) is 9.88 Å². The lowest BCUT2D eigenvalue weighted by Gasteiger charge is -2.33. The largest absolute Gasteiger partial charge is 0.854 e. The molecule has 3 aromatic rings. The number of aromatic nitrogens is 3. The van der Waals surface area contributed by atoms with Gasteiger partial charge in [-0.3, -0.25) is 4.79 Å². The van der Waals surface area contributed by atoms with Crippen LogP contribution in [-0.2, 0) is 4.79 Å². The average molecular weight is 408 g/mol. The Kier molecular flexibility index (Phi) is 5.10. The second-order valence-electron chi connectivity index (χ2n) is 6.45. The lowest BCUT2D eigenvalue weighted by atomic mass is 10.0. The summed E-state index contributed by atoms with van der Waals surface area (Å²) in [5.74, 6) is 0.157. The van der Waals surface area contributed by atoms with E-state index in [1.807, 2.05) is 61.7 Å². The Morgan fingerprint density at radius 2 is 1.97 bits per heavy atom. The van der Waals surface area contributed by atoms with Crippen LogP contribution in [-0.4, -0.2) is 29.4 Å². The number of fused-ring (bicyclic) bond motifs is 3. The first-order valence-electron chi connectivity index (χ1n) is 9.20. The molecule has 0 spiro atoms. The van der Waals surface area contributed by atoms with E-state index in [1.54, 1.807) is 16.7 Å². The molecule has 1 aromatic heterocycles. The first kappa shape index (κ1) is 19.2. The monoisotopic (exact) mass is 408 g/mol. The minimum atomic E-state index is -0.662. The zero-order chi connectivity index (χ0) is 20.5. The van der Waals surface area contributed by atoms with E-state index in [0.717, 1.165) is 5.56 Å². The molecule has 148 valence electrons. The van der Waals surface area contributed by atoms with E-state index in [0.29, 0.717) is 34.3 Å². The normalized spacial score (nSPS) is 14.9. The van der Waals surface area contributed by atoms with Crippen LogP contribution in [0.4, 0.5) is 5.69 Å². The van der Waals surface area contributed by atoms with Crippen LogP contribution in [0.5, 0.6) is 11.6 Å². The second kappa shape index (κ2) is 7.71. The third kappa shape index (κ3) is 3.09. The fourth-order valence-electron chi connectivity index (χ4n) is 3.62. The molecule has 2 aromatic carbocycles. The minimum Gasteiger partial charge on any atom is -0.854 e. The van der Waals surface area contributed by atoms with Crippen LogP contribution in [0.1, 0.15) is 25.1 Å². The standard InChI is InChI=1S/C21H20N4O3S/c1-4-17(26)24-15-11-7-5-9-13(15)18-19(27)22-21(29-3)23-25(18)20(24)14-10-6-8-12-16(14)28-2/h5-12,20H,4H2,1-3H3. The summed E-state index contributed by atoms with van der Waals surface area (Å²) >= 11 is 1.28. The van der Waals surface area contributed by atoms with Gasteiger partial charge in [0.25, 0.3) is 17.0 Å². The lowest BCUT2D eigenvalue weighted by molar-refractivity contribution is -0.764. The van der Waals surface area contributed by atoms with Gasteiger partial charge in [0.1, 0.15) is 5.75 Å². The smallest absolute Gasteiger partial charge is 0.296 e. The highest BCUT2D eigenvalue weighted by Crippen LogP contribution is 2.42. The van der Waals surface area contributed by atoms with Crippen molar-refractivity contribution in [3.8, 4) is 22.9 Å². The van der Waals surface area contributed by atoms with Gasteiger partial charge < -0.3 is 9.84 Å². The summed E-state index contributed by atoms with van der Waals surface area (Å²) in [6, 6.07) is 14.8. The predicted molar refractivity (Wildman–Crippen MR) is 108 cm³/mol. The summed E-state index contributed by atoms with van der Waals surface area (Å²) in [5.41, 5.74) is 2.39. The van der Waals surface area contributed by atoms with Crippen molar-refractivity contribution in [1.82, 2.24) is 10.1 Å². The maximum atomic E-state index is 13.1. The van der Waals surface area contributed by atoms with Crippen LogP contribution in [0.2, 0.25) is 0 Å². The van der Waals surface area contributed by atoms with Gasteiger partial charge in [0.05, 0.1) is 29.8 Å². The summed E-state index contributed by atoms with van der Waals surface area (Å²) in [4.78, 5) is 18.9. The van der Waals surface area contributed by atoms with Crippen LogP contribution >= 0.6 is 11.8 Å². The van der Waals surface area contributed by atoms with Crippen molar-refractivity contribution in [2.24, 2.45) is 0 Å². The Hall–Kier alpha value is -3.13. The number of para-hydroxylation sites is 2. The molecule has 1 unspecified atom stereocenters. The molecule has 0 N–H and O–H groups in total. The highest BCUT2D eigenvalue weighted by molar-refractivity contribution is 7.98. The number of amides is 1. The molecule has 1 aliphatic rings. The molecule has 7 nitrogen and oxygen atoms in total. The van der Waals surface area contributed by atoms with E-state index in [2.05, 4.69) is 10.1 Å².